The highest BCUT2D eigenvalue weighted by Crippen LogP contribution is 2.27. The Morgan fingerprint density at radius 1 is 0.871 bits per heavy atom. The van der Waals surface area contributed by atoms with Gasteiger partial charge in [0.25, 0.3) is 0 Å². The average Bonchev–Trinajstić information content (AvgIpc) is 2.81. The third kappa shape index (κ3) is 4.77. The SMILES string of the molecule is CN(c1nc(NCCc2cccnc2)ncc1F)c1nc(-c2ccccc2)ncc1F. The van der Waals surface area contributed by atoms with Crippen molar-refractivity contribution in [3.8, 4) is 11.4 Å². The molecule has 3 aromatic heterocycles. The van der Waals surface area contributed by atoms with Gasteiger partial charge in [-0.25, -0.2) is 23.7 Å². The molecule has 0 aliphatic rings. The Hall–Kier alpha value is -4.01. The second-order valence-electron chi connectivity index (χ2n) is 6.69. The van der Waals surface area contributed by atoms with Crippen LogP contribution in [-0.4, -0.2) is 38.5 Å². The number of anilines is 3. The number of nitrogens with zero attached hydrogens (tertiary/aromatic N) is 6. The van der Waals surface area contributed by atoms with Crippen molar-refractivity contribution < 1.29 is 8.78 Å². The minimum Gasteiger partial charge on any atom is -0.354 e. The number of hydrogen-bond acceptors (Lipinski definition) is 7. The molecule has 0 amide bonds. The number of rotatable bonds is 7. The van der Waals surface area contributed by atoms with Crippen molar-refractivity contribution in [3.05, 3.63) is 84.4 Å². The molecule has 1 aromatic carbocycles. The smallest absolute Gasteiger partial charge is 0.224 e. The Morgan fingerprint density at radius 2 is 1.61 bits per heavy atom. The summed E-state index contributed by atoms with van der Waals surface area (Å²) in [5.74, 6) is -1.02. The first-order valence-corrected chi connectivity index (χ1v) is 9.59. The van der Waals surface area contributed by atoms with E-state index in [1.165, 1.54) is 11.9 Å². The van der Waals surface area contributed by atoms with E-state index in [1.807, 2.05) is 42.5 Å². The van der Waals surface area contributed by atoms with Gasteiger partial charge in [0, 0.05) is 31.5 Å². The highest BCUT2D eigenvalue weighted by molar-refractivity contribution is 5.62. The van der Waals surface area contributed by atoms with Crippen LogP contribution in [0.4, 0.5) is 26.4 Å². The third-order valence-electron chi connectivity index (χ3n) is 4.54. The van der Waals surface area contributed by atoms with E-state index in [-0.39, 0.29) is 17.6 Å². The molecule has 9 heteroatoms. The monoisotopic (exact) mass is 419 g/mol. The maximum Gasteiger partial charge on any atom is 0.224 e. The molecule has 4 aromatic rings. The number of benzene rings is 1. The molecule has 3 heterocycles. The molecule has 1 N–H and O–H groups in total. The molecule has 31 heavy (non-hydrogen) atoms. The minimum atomic E-state index is -0.695. The molecular weight excluding hydrogens is 400 g/mol. The van der Waals surface area contributed by atoms with E-state index < -0.39 is 11.6 Å². The highest BCUT2D eigenvalue weighted by atomic mass is 19.1. The fourth-order valence-corrected chi connectivity index (χ4v) is 2.96. The number of hydrogen-bond donors (Lipinski definition) is 1. The predicted octanol–water partition coefficient (Wildman–Crippen LogP) is 4.03. The lowest BCUT2D eigenvalue weighted by Gasteiger charge is -2.19. The minimum absolute atomic E-state index is 0.0900. The normalized spacial score (nSPS) is 10.7. The molecule has 0 spiro atoms. The van der Waals surface area contributed by atoms with Gasteiger partial charge in [0.15, 0.2) is 29.1 Å². The van der Waals surface area contributed by atoms with Crippen molar-refractivity contribution in [2.45, 2.75) is 6.42 Å². The van der Waals surface area contributed by atoms with Crippen molar-refractivity contribution in [1.29, 1.82) is 0 Å². The Bertz CT molecular complexity index is 1160. The molecule has 0 aliphatic carbocycles. The van der Waals surface area contributed by atoms with Gasteiger partial charge in [-0.1, -0.05) is 36.4 Å². The lowest BCUT2D eigenvalue weighted by molar-refractivity contribution is 0.601. The van der Waals surface area contributed by atoms with Gasteiger partial charge >= 0.3 is 0 Å². The van der Waals surface area contributed by atoms with Gasteiger partial charge in [0.2, 0.25) is 5.95 Å². The van der Waals surface area contributed by atoms with Gasteiger partial charge in [0.05, 0.1) is 12.4 Å². The lowest BCUT2D eigenvalue weighted by Crippen LogP contribution is -2.18. The van der Waals surface area contributed by atoms with Crippen molar-refractivity contribution in [2.24, 2.45) is 0 Å². The van der Waals surface area contributed by atoms with Crippen LogP contribution in [-0.2, 0) is 6.42 Å². The zero-order chi connectivity index (χ0) is 21.6. The number of halogens is 2. The Morgan fingerprint density at radius 3 is 2.35 bits per heavy atom. The summed E-state index contributed by atoms with van der Waals surface area (Å²) in [6.07, 6.45) is 6.28. The van der Waals surface area contributed by atoms with E-state index in [2.05, 4.69) is 30.2 Å². The molecule has 0 atom stereocenters. The largest absolute Gasteiger partial charge is 0.354 e. The first kappa shape index (κ1) is 20.3. The summed E-state index contributed by atoms with van der Waals surface area (Å²) >= 11 is 0. The molecule has 0 aliphatic heterocycles. The summed E-state index contributed by atoms with van der Waals surface area (Å²) in [6, 6.07) is 13.0. The molecule has 0 unspecified atom stereocenters. The molecule has 0 saturated carbocycles. The van der Waals surface area contributed by atoms with Crippen LogP contribution in [0.5, 0.6) is 0 Å². The standard InChI is InChI=1S/C22H19F2N7/c1-31(20-17(23)13-27-19(29-20)16-7-3-2-4-8-16)21-18(24)14-28-22(30-21)26-11-9-15-6-5-10-25-12-15/h2-8,10,12-14H,9,11H2,1H3,(H,26,28,30). The van der Waals surface area contributed by atoms with Crippen LogP contribution in [0.3, 0.4) is 0 Å². The first-order valence-electron chi connectivity index (χ1n) is 9.59. The molecule has 7 nitrogen and oxygen atoms in total. The summed E-state index contributed by atoms with van der Waals surface area (Å²) in [5, 5.41) is 3.05. The first-order chi connectivity index (χ1) is 15.1. The van der Waals surface area contributed by atoms with Crippen LogP contribution in [0.1, 0.15) is 5.56 Å². The Balaban J connectivity index is 1.55. The van der Waals surface area contributed by atoms with Crippen molar-refractivity contribution >= 4 is 17.6 Å². The van der Waals surface area contributed by atoms with Crippen LogP contribution < -0.4 is 10.2 Å². The Kier molecular flexibility index (Phi) is 6.02. The lowest BCUT2D eigenvalue weighted by atomic mass is 10.2. The summed E-state index contributed by atoms with van der Waals surface area (Å²) < 4.78 is 29.0. The summed E-state index contributed by atoms with van der Waals surface area (Å²) in [5.41, 5.74) is 1.77. The number of nitrogens with one attached hydrogen (secondary N) is 1. The van der Waals surface area contributed by atoms with Crippen LogP contribution >= 0.6 is 0 Å². The van der Waals surface area contributed by atoms with Crippen LogP contribution in [0.25, 0.3) is 11.4 Å². The van der Waals surface area contributed by atoms with E-state index >= 15 is 0 Å². The molecule has 0 saturated heterocycles. The Labute approximate surface area is 177 Å². The zero-order valence-electron chi connectivity index (χ0n) is 16.7. The second-order valence-corrected chi connectivity index (χ2v) is 6.69. The van der Waals surface area contributed by atoms with E-state index in [0.717, 1.165) is 23.5 Å². The van der Waals surface area contributed by atoms with Gasteiger partial charge in [-0.3, -0.25) is 4.98 Å². The van der Waals surface area contributed by atoms with Crippen LogP contribution in [0.15, 0.2) is 67.3 Å². The van der Waals surface area contributed by atoms with Gasteiger partial charge in [-0.2, -0.15) is 4.98 Å². The van der Waals surface area contributed by atoms with Gasteiger partial charge in [0.1, 0.15) is 0 Å². The highest BCUT2D eigenvalue weighted by Gasteiger charge is 2.19. The van der Waals surface area contributed by atoms with Gasteiger partial charge in [-0.05, 0) is 18.1 Å². The molecule has 4 rings (SSSR count). The average molecular weight is 419 g/mol. The third-order valence-corrected chi connectivity index (χ3v) is 4.54. The second kappa shape index (κ2) is 9.21. The molecule has 156 valence electrons. The molecule has 0 bridgehead atoms. The van der Waals surface area contributed by atoms with E-state index in [9.17, 15) is 8.78 Å². The maximum absolute atomic E-state index is 14.5. The predicted molar refractivity (Wildman–Crippen MR) is 114 cm³/mol. The zero-order valence-corrected chi connectivity index (χ0v) is 16.7. The van der Waals surface area contributed by atoms with Crippen molar-refractivity contribution in [3.63, 3.8) is 0 Å². The summed E-state index contributed by atoms with van der Waals surface area (Å²) in [7, 11) is 1.49. The fourth-order valence-electron chi connectivity index (χ4n) is 2.96. The number of pyridine rings is 1. The van der Waals surface area contributed by atoms with E-state index in [0.29, 0.717) is 18.8 Å². The van der Waals surface area contributed by atoms with Gasteiger partial charge < -0.3 is 10.2 Å². The van der Waals surface area contributed by atoms with Crippen LogP contribution in [0, 0.1) is 11.6 Å². The fraction of sp³-hybridized carbons (Fsp3) is 0.136. The molecular formula is C22H19F2N7. The van der Waals surface area contributed by atoms with Gasteiger partial charge in [-0.15, -0.1) is 0 Å². The van der Waals surface area contributed by atoms with Crippen molar-refractivity contribution in [2.75, 3.05) is 23.8 Å². The van der Waals surface area contributed by atoms with E-state index in [4.69, 9.17) is 0 Å². The summed E-state index contributed by atoms with van der Waals surface area (Å²) in [4.78, 5) is 21.8. The quantitative estimate of drug-likeness (QED) is 0.484. The van der Waals surface area contributed by atoms with Crippen LogP contribution in [0.2, 0.25) is 0 Å². The maximum atomic E-state index is 14.5. The van der Waals surface area contributed by atoms with E-state index in [1.54, 1.807) is 12.4 Å². The number of aromatic nitrogens is 5. The molecule has 0 radical (unpaired) electrons. The summed E-state index contributed by atoms with van der Waals surface area (Å²) in [6.45, 7) is 0.528. The topological polar surface area (TPSA) is 79.7 Å². The van der Waals surface area contributed by atoms with Crippen molar-refractivity contribution in [1.82, 2.24) is 24.9 Å². The molecule has 0 fully saturated rings.